The molecule has 0 amide bonds. The van der Waals surface area contributed by atoms with Gasteiger partial charge >= 0.3 is 0 Å². The number of hydrogen-bond donors (Lipinski definition) is 1. The van der Waals surface area contributed by atoms with Gasteiger partial charge in [0.15, 0.2) is 0 Å². The zero-order valence-electron chi connectivity index (χ0n) is 15.6. The maximum Gasteiger partial charge on any atom is 0.133 e. The van der Waals surface area contributed by atoms with Crippen molar-refractivity contribution in [3.05, 3.63) is 64.1 Å². The molecule has 1 fully saturated rings. The largest absolute Gasteiger partial charge is 0.492 e. The average molecular weight is 439 g/mol. The standard InChI is InChI=1S/C22H28BrNO.ClH/c1-22(2,17-8-4-3-5-9-17)18-11-12-21(20(23)16-18)25-15-13-19-10-6-7-14-24-19;/h3-5,8-9,11-12,16,19,24H,6-7,10,13-15H2,1-2H3;1H. The van der Waals surface area contributed by atoms with Crippen LogP contribution in [0.5, 0.6) is 5.75 Å². The van der Waals surface area contributed by atoms with E-state index in [0.29, 0.717) is 6.04 Å². The van der Waals surface area contributed by atoms with Crippen molar-refractivity contribution in [2.75, 3.05) is 13.2 Å². The summed E-state index contributed by atoms with van der Waals surface area (Å²) >= 11 is 3.70. The van der Waals surface area contributed by atoms with E-state index >= 15 is 0 Å². The van der Waals surface area contributed by atoms with Crippen molar-refractivity contribution in [3.63, 3.8) is 0 Å². The number of rotatable bonds is 6. The third kappa shape index (κ3) is 5.25. The second kappa shape index (κ2) is 9.77. The van der Waals surface area contributed by atoms with E-state index in [2.05, 4.69) is 83.6 Å². The molecule has 0 radical (unpaired) electrons. The van der Waals surface area contributed by atoms with Crippen molar-refractivity contribution < 1.29 is 4.74 Å². The minimum absolute atomic E-state index is 0. The van der Waals surface area contributed by atoms with E-state index in [-0.39, 0.29) is 17.8 Å². The lowest BCUT2D eigenvalue weighted by molar-refractivity contribution is 0.267. The molecule has 2 nitrogen and oxygen atoms in total. The molecular weight excluding hydrogens is 410 g/mol. The van der Waals surface area contributed by atoms with Gasteiger partial charge in [-0.25, -0.2) is 0 Å². The van der Waals surface area contributed by atoms with Crippen LogP contribution in [-0.4, -0.2) is 19.2 Å². The van der Waals surface area contributed by atoms with Crippen LogP contribution in [0.3, 0.4) is 0 Å². The van der Waals surface area contributed by atoms with Gasteiger partial charge in [0, 0.05) is 11.5 Å². The first kappa shape index (κ1) is 21.3. The summed E-state index contributed by atoms with van der Waals surface area (Å²) < 4.78 is 7.06. The number of benzene rings is 2. The molecule has 0 saturated carbocycles. The Morgan fingerprint density at radius 1 is 1.08 bits per heavy atom. The molecular formula is C22H29BrClNO. The normalized spacial score (nSPS) is 17.4. The Bertz CT molecular complexity index is 684. The Balaban J connectivity index is 0.00000243. The molecule has 0 aromatic heterocycles. The molecule has 0 spiro atoms. The summed E-state index contributed by atoms with van der Waals surface area (Å²) in [5.41, 5.74) is 2.57. The molecule has 1 aliphatic heterocycles. The van der Waals surface area contributed by atoms with E-state index < -0.39 is 0 Å². The molecule has 1 unspecified atom stereocenters. The summed E-state index contributed by atoms with van der Waals surface area (Å²) in [5.74, 6) is 0.934. The highest BCUT2D eigenvalue weighted by atomic mass is 79.9. The van der Waals surface area contributed by atoms with E-state index in [4.69, 9.17) is 4.74 Å². The monoisotopic (exact) mass is 437 g/mol. The van der Waals surface area contributed by atoms with Crippen molar-refractivity contribution in [2.24, 2.45) is 0 Å². The topological polar surface area (TPSA) is 21.3 Å². The van der Waals surface area contributed by atoms with Crippen LogP contribution in [0.1, 0.15) is 50.7 Å². The lowest BCUT2D eigenvalue weighted by atomic mass is 9.78. The molecule has 1 aliphatic rings. The zero-order chi connectivity index (χ0) is 17.7. The molecule has 26 heavy (non-hydrogen) atoms. The van der Waals surface area contributed by atoms with Gasteiger partial charge in [-0.2, -0.15) is 0 Å². The van der Waals surface area contributed by atoms with Gasteiger partial charge in [-0.15, -0.1) is 12.4 Å². The van der Waals surface area contributed by atoms with Crippen molar-refractivity contribution >= 4 is 28.3 Å². The van der Waals surface area contributed by atoms with Crippen LogP contribution in [0.4, 0.5) is 0 Å². The molecule has 0 aliphatic carbocycles. The van der Waals surface area contributed by atoms with Crippen LogP contribution in [-0.2, 0) is 5.41 Å². The number of piperidine rings is 1. The SMILES string of the molecule is CC(C)(c1ccccc1)c1ccc(OCCC2CCCCN2)c(Br)c1.Cl. The summed E-state index contributed by atoms with van der Waals surface area (Å²) in [7, 11) is 0. The highest BCUT2D eigenvalue weighted by Crippen LogP contribution is 2.36. The molecule has 2 aromatic carbocycles. The Labute approximate surface area is 172 Å². The van der Waals surface area contributed by atoms with E-state index in [9.17, 15) is 0 Å². The molecule has 4 heteroatoms. The Hall–Kier alpha value is -1.03. The first-order valence-electron chi connectivity index (χ1n) is 9.29. The predicted molar refractivity (Wildman–Crippen MR) is 116 cm³/mol. The summed E-state index contributed by atoms with van der Waals surface area (Å²) in [5, 5.41) is 3.58. The fraction of sp³-hybridized carbons (Fsp3) is 0.455. The Morgan fingerprint density at radius 2 is 1.85 bits per heavy atom. The van der Waals surface area contributed by atoms with Gasteiger partial charge in [0.2, 0.25) is 0 Å². The maximum absolute atomic E-state index is 6.03. The van der Waals surface area contributed by atoms with Crippen molar-refractivity contribution in [1.29, 1.82) is 0 Å². The first-order valence-corrected chi connectivity index (χ1v) is 10.1. The fourth-order valence-electron chi connectivity index (χ4n) is 3.51. The highest BCUT2D eigenvalue weighted by Gasteiger charge is 2.23. The highest BCUT2D eigenvalue weighted by molar-refractivity contribution is 9.10. The number of nitrogens with one attached hydrogen (secondary N) is 1. The van der Waals surface area contributed by atoms with E-state index in [0.717, 1.165) is 29.8 Å². The summed E-state index contributed by atoms with van der Waals surface area (Å²) in [6.45, 7) is 6.44. The van der Waals surface area contributed by atoms with Crippen molar-refractivity contribution in [2.45, 2.75) is 51.0 Å². The van der Waals surface area contributed by atoms with Crippen molar-refractivity contribution in [3.8, 4) is 5.75 Å². The smallest absolute Gasteiger partial charge is 0.133 e. The first-order chi connectivity index (χ1) is 12.1. The second-order valence-electron chi connectivity index (χ2n) is 7.42. The third-order valence-corrected chi connectivity index (χ3v) is 5.91. The average Bonchev–Trinajstić information content (AvgIpc) is 2.64. The minimum Gasteiger partial charge on any atom is -0.492 e. The quantitative estimate of drug-likeness (QED) is 0.587. The van der Waals surface area contributed by atoms with E-state index in [1.807, 2.05) is 0 Å². The molecule has 2 aromatic rings. The molecule has 3 rings (SSSR count). The van der Waals surface area contributed by atoms with Crippen LogP contribution >= 0.6 is 28.3 Å². The predicted octanol–water partition coefficient (Wildman–Crippen LogP) is 6.11. The zero-order valence-corrected chi connectivity index (χ0v) is 18.0. The van der Waals surface area contributed by atoms with E-state index in [1.54, 1.807) is 0 Å². The van der Waals surface area contributed by atoms with Crippen LogP contribution < -0.4 is 10.1 Å². The molecule has 0 bridgehead atoms. The summed E-state index contributed by atoms with van der Waals surface area (Å²) in [6, 6.07) is 17.7. The van der Waals surface area contributed by atoms with Crippen LogP contribution in [0.2, 0.25) is 0 Å². The van der Waals surface area contributed by atoms with Gasteiger partial charge in [0.1, 0.15) is 5.75 Å². The third-order valence-electron chi connectivity index (χ3n) is 5.29. The molecule has 1 atom stereocenters. The summed E-state index contributed by atoms with van der Waals surface area (Å²) in [4.78, 5) is 0. The summed E-state index contributed by atoms with van der Waals surface area (Å²) in [6.07, 6.45) is 4.99. The van der Waals surface area contributed by atoms with Gasteiger partial charge in [-0.3, -0.25) is 0 Å². The van der Waals surface area contributed by atoms with Gasteiger partial charge in [-0.1, -0.05) is 56.7 Å². The molecule has 1 N–H and O–H groups in total. The van der Waals surface area contributed by atoms with E-state index in [1.165, 1.54) is 30.4 Å². The number of hydrogen-bond acceptors (Lipinski definition) is 2. The van der Waals surface area contributed by atoms with Gasteiger partial charge < -0.3 is 10.1 Å². The van der Waals surface area contributed by atoms with Gasteiger partial charge in [0.05, 0.1) is 11.1 Å². The number of ether oxygens (including phenoxy) is 1. The van der Waals surface area contributed by atoms with Crippen LogP contribution in [0.25, 0.3) is 0 Å². The Morgan fingerprint density at radius 3 is 2.50 bits per heavy atom. The van der Waals surface area contributed by atoms with Crippen molar-refractivity contribution in [1.82, 2.24) is 5.32 Å². The lowest BCUT2D eigenvalue weighted by Crippen LogP contribution is -2.35. The van der Waals surface area contributed by atoms with Gasteiger partial charge in [0.25, 0.3) is 0 Å². The molecule has 1 saturated heterocycles. The molecule has 1 heterocycles. The second-order valence-corrected chi connectivity index (χ2v) is 8.27. The maximum atomic E-state index is 6.03. The fourth-order valence-corrected chi connectivity index (χ4v) is 4.00. The van der Waals surface area contributed by atoms with Crippen LogP contribution in [0, 0.1) is 0 Å². The number of halogens is 2. The van der Waals surface area contributed by atoms with Gasteiger partial charge in [-0.05, 0) is 65.0 Å². The van der Waals surface area contributed by atoms with Crippen LogP contribution in [0.15, 0.2) is 53.0 Å². The minimum atomic E-state index is -0.0334. The molecule has 142 valence electrons. The Kier molecular flexibility index (Phi) is 8.00. The lowest BCUT2D eigenvalue weighted by Gasteiger charge is -2.27.